The topological polar surface area (TPSA) is 108 Å². The second kappa shape index (κ2) is 8.17. The molecule has 3 aromatic rings. The molecule has 9 heteroatoms. The molecule has 0 spiro atoms. The van der Waals surface area contributed by atoms with Crippen molar-refractivity contribution in [1.29, 1.82) is 0 Å². The first kappa shape index (κ1) is 22.2. The van der Waals surface area contributed by atoms with Gasteiger partial charge in [0, 0.05) is 17.7 Å². The van der Waals surface area contributed by atoms with Gasteiger partial charge in [-0.1, -0.05) is 60.7 Å². The molecule has 0 saturated carbocycles. The SMILES string of the molecule is CCOC(=O)[C@@]12C(=O)O[C@@H](c3ccccc3)[C@@H]1[C@H](c1ccc([N+](=O)[O-])cc1)N1O[C@H]2c2ccccc21. The molecule has 9 nitrogen and oxygen atoms in total. The first-order valence-electron chi connectivity index (χ1n) is 11.7. The maximum absolute atomic E-state index is 13.8. The molecule has 0 unspecified atom stereocenters. The molecule has 182 valence electrons. The van der Waals surface area contributed by atoms with E-state index in [1.54, 1.807) is 24.1 Å². The number of fused-ring (bicyclic) bond motifs is 2. The van der Waals surface area contributed by atoms with E-state index >= 15 is 0 Å². The third-order valence-electron chi connectivity index (χ3n) is 7.29. The lowest BCUT2D eigenvalue weighted by atomic mass is 9.64. The summed E-state index contributed by atoms with van der Waals surface area (Å²) in [6.45, 7) is 1.77. The molecule has 36 heavy (non-hydrogen) atoms. The van der Waals surface area contributed by atoms with Gasteiger partial charge >= 0.3 is 11.9 Å². The normalized spacial score (nSPS) is 27.7. The zero-order chi connectivity index (χ0) is 25.0. The number of nitrogens with zero attached hydrogens (tertiary/aromatic N) is 2. The monoisotopic (exact) mass is 486 g/mol. The van der Waals surface area contributed by atoms with Crippen LogP contribution in [0.4, 0.5) is 11.4 Å². The summed E-state index contributed by atoms with van der Waals surface area (Å²) in [6, 6.07) is 22.1. The fraction of sp³-hybridized carbons (Fsp3) is 0.259. The minimum absolute atomic E-state index is 0.0646. The summed E-state index contributed by atoms with van der Waals surface area (Å²) >= 11 is 0. The molecule has 1 saturated heterocycles. The van der Waals surface area contributed by atoms with Crippen molar-refractivity contribution >= 4 is 23.3 Å². The van der Waals surface area contributed by atoms with Crippen molar-refractivity contribution in [1.82, 2.24) is 0 Å². The van der Waals surface area contributed by atoms with Crippen LogP contribution in [-0.4, -0.2) is 23.5 Å². The number of hydroxylamine groups is 1. The Bertz CT molecular complexity index is 1360. The molecule has 0 radical (unpaired) electrons. The molecule has 0 aromatic heterocycles. The van der Waals surface area contributed by atoms with E-state index in [9.17, 15) is 19.7 Å². The van der Waals surface area contributed by atoms with Gasteiger partial charge in [-0.15, -0.1) is 0 Å². The lowest BCUT2D eigenvalue weighted by Crippen LogP contribution is -2.55. The Morgan fingerprint density at radius 3 is 2.42 bits per heavy atom. The standard InChI is InChI=1S/C27H22N2O7/c1-2-34-25(30)27-21(23(35-26(27)31)17-8-4-3-5-9-17)22(16-12-14-18(15-13-16)29(32)33)28-20-11-7-6-10-19(20)24(27)36-28/h3-15,21-24H,2H2,1H3/t21-,22-,23-,24-,27+/m0/s1. The van der Waals surface area contributed by atoms with E-state index in [4.69, 9.17) is 14.3 Å². The molecule has 3 aliphatic rings. The maximum Gasteiger partial charge on any atom is 0.327 e. The van der Waals surface area contributed by atoms with Crippen molar-refractivity contribution in [2.24, 2.45) is 11.3 Å². The van der Waals surface area contributed by atoms with Gasteiger partial charge < -0.3 is 9.47 Å². The average Bonchev–Trinajstić information content (AvgIpc) is 3.40. The van der Waals surface area contributed by atoms with E-state index in [1.807, 2.05) is 54.6 Å². The Morgan fingerprint density at radius 2 is 1.72 bits per heavy atom. The van der Waals surface area contributed by atoms with E-state index in [2.05, 4.69) is 0 Å². The smallest absolute Gasteiger partial charge is 0.327 e. The summed E-state index contributed by atoms with van der Waals surface area (Å²) in [7, 11) is 0. The number of cyclic esters (lactones) is 1. The van der Waals surface area contributed by atoms with Crippen LogP contribution in [0.5, 0.6) is 0 Å². The molecule has 3 aliphatic heterocycles. The molecule has 0 N–H and O–H groups in total. The lowest BCUT2D eigenvalue weighted by Gasteiger charge is -2.46. The minimum atomic E-state index is -1.77. The average molecular weight is 486 g/mol. The number of rotatable bonds is 5. The number of ether oxygens (including phenoxy) is 2. The van der Waals surface area contributed by atoms with Gasteiger partial charge in [0.25, 0.3) is 5.69 Å². The quantitative estimate of drug-likeness (QED) is 0.223. The Morgan fingerprint density at radius 1 is 1.03 bits per heavy atom. The van der Waals surface area contributed by atoms with Crippen LogP contribution in [0, 0.1) is 21.4 Å². The van der Waals surface area contributed by atoms with Crippen LogP contribution in [0.15, 0.2) is 78.9 Å². The second-order valence-corrected chi connectivity index (χ2v) is 9.02. The molecule has 2 bridgehead atoms. The van der Waals surface area contributed by atoms with Gasteiger partial charge in [0.05, 0.1) is 29.2 Å². The van der Waals surface area contributed by atoms with E-state index < -0.39 is 46.4 Å². The molecule has 6 rings (SSSR count). The summed E-state index contributed by atoms with van der Waals surface area (Å²) in [4.78, 5) is 44.8. The summed E-state index contributed by atoms with van der Waals surface area (Å²) in [5.41, 5.74) is 0.958. The number of benzene rings is 3. The predicted molar refractivity (Wildman–Crippen MR) is 126 cm³/mol. The Balaban J connectivity index is 1.62. The van der Waals surface area contributed by atoms with Gasteiger partial charge in [0.2, 0.25) is 5.41 Å². The van der Waals surface area contributed by atoms with E-state index in [-0.39, 0.29) is 12.3 Å². The van der Waals surface area contributed by atoms with Gasteiger partial charge in [-0.25, -0.2) is 5.06 Å². The van der Waals surface area contributed by atoms with E-state index in [1.165, 1.54) is 12.1 Å². The maximum atomic E-state index is 13.8. The molecular weight excluding hydrogens is 464 g/mol. The van der Waals surface area contributed by atoms with Crippen LogP contribution in [0.25, 0.3) is 0 Å². The van der Waals surface area contributed by atoms with Gasteiger partial charge in [-0.3, -0.25) is 24.5 Å². The highest BCUT2D eigenvalue weighted by Crippen LogP contribution is 2.68. The van der Waals surface area contributed by atoms with Gasteiger partial charge in [0.1, 0.15) is 12.2 Å². The molecule has 0 amide bonds. The highest BCUT2D eigenvalue weighted by Gasteiger charge is 2.76. The van der Waals surface area contributed by atoms with Crippen molar-refractivity contribution in [2.45, 2.75) is 25.2 Å². The molecule has 0 aliphatic carbocycles. The highest BCUT2D eigenvalue weighted by atomic mass is 16.7. The number of nitro benzene ring substituents is 1. The van der Waals surface area contributed by atoms with Crippen molar-refractivity contribution in [3.05, 3.63) is 106 Å². The van der Waals surface area contributed by atoms with Crippen molar-refractivity contribution < 1.29 is 28.8 Å². The number of hydrogen-bond acceptors (Lipinski definition) is 8. The Labute approximate surface area is 206 Å². The first-order chi connectivity index (χ1) is 17.5. The van der Waals surface area contributed by atoms with Crippen LogP contribution < -0.4 is 5.06 Å². The molecular formula is C27H22N2O7. The molecule has 1 fully saturated rings. The molecule has 3 heterocycles. The van der Waals surface area contributed by atoms with Gasteiger partial charge in [-0.2, -0.15) is 0 Å². The van der Waals surface area contributed by atoms with E-state index in [0.29, 0.717) is 11.1 Å². The number of non-ortho nitro benzene ring substituents is 1. The number of anilines is 1. The highest BCUT2D eigenvalue weighted by molar-refractivity contribution is 6.04. The fourth-order valence-corrected chi connectivity index (χ4v) is 5.82. The number of para-hydroxylation sites is 1. The Hall–Kier alpha value is -4.24. The van der Waals surface area contributed by atoms with Gasteiger partial charge in [-0.05, 0) is 24.1 Å². The number of hydrogen-bond donors (Lipinski definition) is 0. The predicted octanol–water partition coefficient (Wildman–Crippen LogP) is 4.61. The van der Waals surface area contributed by atoms with Crippen LogP contribution in [-0.2, 0) is 23.9 Å². The zero-order valence-electron chi connectivity index (χ0n) is 19.3. The Kier molecular flexibility index (Phi) is 5.04. The number of nitro groups is 1. The third kappa shape index (κ3) is 2.92. The largest absolute Gasteiger partial charge is 0.465 e. The van der Waals surface area contributed by atoms with Crippen LogP contribution in [0.1, 0.15) is 41.9 Å². The third-order valence-corrected chi connectivity index (χ3v) is 7.29. The number of carbonyl (C=O) groups excluding carboxylic acids is 2. The fourth-order valence-electron chi connectivity index (χ4n) is 5.82. The van der Waals surface area contributed by atoms with Gasteiger partial charge in [0.15, 0.2) is 0 Å². The van der Waals surface area contributed by atoms with Crippen molar-refractivity contribution in [2.75, 3.05) is 11.7 Å². The van der Waals surface area contributed by atoms with E-state index in [0.717, 1.165) is 11.3 Å². The number of esters is 2. The zero-order valence-corrected chi connectivity index (χ0v) is 19.3. The number of carbonyl (C=O) groups is 2. The molecule has 5 atom stereocenters. The minimum Gasteiger partial charge on any atom is -0.465 e. The lowest BCUT2D eigenvalue weighted by molar-refractivity contribution is -0.384. The summed E-state index contributed by atoms with van der Waals surface area (Å²) in [5, 5.41) is 13.0. The summed E-state index contributed by atoms with van der Waals surface area (Å²) < 4.78 is 11.5. The second-order valence-electron chi connectivity index (χ2n) is 9.02. The van der Waals surface area contributed by atoms with Crippen LogP contribution >= 0.6 is 0 Å². The molecule has 3 aromatic carbocycles. The van der Waals surface area contributed by atoms with Crippen molar-refractivity contribution in [3.63, 3.8) is 0 Å². The van der Waals surface area contributed by atoms with Crippen molar-refractivity contribution in [3.8, 4) is 0 Å². The summed E-state index contributed by atoms with van der Waals surface area (Å²) in [6.07, 6.45) is -1.71. The summed E-state index contributed by atoms with van der Waals surface area (Å²) in [5.74, 6) is -2.14. The van der Waals surface area contributed by atoms with Crippen LogP contribution in [0.3, 0.4) is 0 Å². The van der Waals surface area contributed by atoms with Crippen LogP contribution in [0.2, 0.25) is 0 Å². The first-order valence-corrected chi connectivity index (χ1v) is 11.7.